The molecule has 3 atom stereocenters. The van der Waals surface area contributed by atoms with Crippen molar-refractivity contribution < 1.29 is 14.4 Å². The molecule has 2 saturated heterocycles. The summed E-state index contributed by atoms with van der Waals surface area (Å²) in [5.74, 6) is 0.557. The molecular weight excluding hydrogens is 214 g/mol. The zero-order chi connectivity index (χ0) is 12.3. The summed E-state index contributed by atoms with van der Waals surface area (Å²) in [5, 5.41) is 0. The van der Waals surface area contributed by atoms with Crippen molar-refractivity contribution in [3.63, 3.8) is 0 Å². The molecule has 2 aliphatic rings. The van der Waals surface area contributed by atoms with E-state index in [1.54, 1.807) is 4.90 Å². The first-order valence-electron chi connectivity index (χ1n) is 6.89. The summed E-state index contributed by atoms with van der Waals surface area (Å²) in [5.41, 5.74) is 1.29. The molecule has 0 radical (unpaired) electrons. The fraction of sp³-hybridized carbons (Fsp3) is 0.857. The summed E-state index contributed by atoms with van der Waals surface area (Å²) in [7, 11) is 0. The van der Waals surface area contributed by atoms with Gasteiger partial charge in [-0.1, -0.05) is 12.2 Å². The van der Waals surface area contributed by atoms with E-state index >= 15 is 0 Å². The molecule has 0 aromatic carbocycles. The lowest BCUT2D eigenvalue weighted by molar-refractivity contribution is -0.911. The average Bonchev–Trinajstić information content (AvgIpc) is 2.30. The number of ether oxygens (including phenoxy) is 2. The number of hydrogen-bond acceptors (Lipinski definition) is 2. The lowest BCUT2D eigenvalue weighted by Crippen LogP contribution is -3.15. The van der Waals surface area contributed by atoms with Gasteiger partial charge in [0.25, 0.3) is 0 Å². The molecule has 3 nitrogen and oxygen atoms in total. The quantitative estimate of drug-likeness (QED) is 0.733. The Hall–Kier alpha value is -0.380. The second-order valence-electron chi connectivity index (χ2n) is 5.58. The molecule has 2 fully saturated rings. The van der Waals surface area contributed by atoms with Crippen LogP contribution in [0, 0.1) is 5.92 Å². The Morgan fingerprint density at radius 1 is 1.29 bits per heavy atom. The van der Waals surface area contributed by atoms with Gasteiger partial charge in [0.1, 0.15) is 25.7 Å². The van der Waals surface area contributed by atoms with Crippen LogP contribution in [0.5, 0.6) is 0 Å². The molecule has 0 bridgehead atoms. The largest absolute Gasteiger partial charge is 0.370 e. The summed E-state index contributed by atoms with van der Waals surface area (Å²) in [4.78, 5) is 1.63. The maximum absolute atomic E-state index is 6.14. The molecule has 2 heterocycles. The smallest absolute Gasteiger partial charge is 0.113 e. The zero-order valence-corrected chi connectivity index (χ0v) is 11.2. The van der Waals surface area contributed by atoms with E-state index in [1.165, 1.54) is 18.4 Å². The highest BCUT2D eigenvalue weighted by molar-refractivity contribution is 5.01. The van der Waals surface area contributed by atoms with Gasteiger partial charge in [0, 0.05) is 5.92 Å². The standard InChI is InChI=1S/C14H25NO2/c1-11(2)13-5-4-12(3)17-14(13)10-15-6-8-16-9-7-15/h12-14H,1,4-10H2,2-3H3/p+1/t12-,13-,14+/m1/s1. The summed E-state index contributed by atoms with van der Waals surface area (Å²) in [6, 6.07) is 0. The number of quaternary nitrogens is 1. The van der Waals surface area contributed by atoms with Crippen LogP contribution in [0.25, 0.3) is 0 Å². The van der Waals surface area contributed by atoms with Gasteiger partial charge in [0.15, 0.2) is 0 Å². The second-order valence-corrected chi connectivity index (χ2v) is 5.58. The van der Waals surface area contributed by atoms with Gasteiger partial charge in [0.05, 0.1) is 19.3 Å². The van der Waals surface area contributed by atoms with Crippen LogP contribution in [0.1, 0.15) is 26.7 Å². The van der Waals surface area contributed by atoms with Crippen LogP contribution < -0.4 is 4.90 Å². The SMILES string of the molecule is C=C(C)[C@H]1CC[C@@H](C)O[C@H]1C[NH+]1CCOCC1. The van der Waals surface area contributed by atoms with Gasteiger partial charge in [-0.25, -0.2) is 0 Å². The first kappa shape index (κ1) is 13.1. The van der Waals surface area contributed by atoms with E-state index in [1.807, 2.05) is 0 Å². The van der Waals surface area contributed by atoms with E-state index in [4.69, 9.17) is 9.47 Å². The first-order valence-corrected chi connectivity index (χ1v) is 6.89. The van der Waals surface area contributed by atoms with Crippen molar-refractivity contribution in [3.8, 4) is 0 Å². The normalized spacial score (nSPS) is 35.8. The highest BCUT2D eigenvalue weighted by Gasteiger charge is 2.33. The second kappa shape index (κ2) is 5.98. The molecule has 0 amide bonds. The topological polar surface area (TPSA) is 22.9 Å². The van der Waals surface area contributed by atoms with E-state index in [0.717, 1.165) is 32.8 Å². The molecule has 1 N–H and O–H groups in total. The van der Waals surface area contributed by atoms with E-state index in [-0.39, 0.29) is 0 Å². The van der Waals surface area contributed by atoms with Crippen molar-refractivity contribution in [2.75, 3.05) is 32.8 Å². The van der Waals surface area contributed by atoms with Crippen molar-refractivity contribution in [2.24, 2.45) is 5.92 Å². The predicted octanol–water partition coefficient (Wildman–Crippen LogP) is 0.661. The molecule has 0 saturated carbocycles. The fourth-order valence-electron chi connectivity index (χ4n) is 2.96. The minimum Gasteiger partial charge on any atom is -0.370 e. The van der Waals surface area contributed by atoms with Crippen molar-refractivity contribution in [2.45, 2.75) is 38.9 Å². The molecule has 98 valence electrons. The summed E-state index contributed by atoms with van der Waals surface area (Å²) in [6.45, 7) is 13.6. The lowest BCUT2D eigenvalue weighted by atomic mass is 9.86. The minimum absolute atomic E-state index is 0.365. The predicted molar refractivity (Wildman–Crippen MR) is 68.3 cm³/mol. The van der Waals surface area contributed by atoms with Crippen LogP contribution in [0.4, 0.5) is 0 Å². The Labute approximate surface area is 105 Å². The molecular formula is C14H26NO2+. The third kappa shape index (κ3) is 3.54. The van der Waals surface area contributed by atoms with Crippen LogP contribution in [-0.4, -0.2) is 45.1 Å². The summed E-state index contributed by atoms with van der Waals surface area (Å²) < 4.78 is 11.5. The number of nitrogens with one attached hydrogen (secondary N) is 1. The van der Waals surface area contributed by atoms with Gasteiger partial charge >= 0.3 is 0 Å². The van der Waals surface area contributed by atoms with Gasteiger partial charge in [-0.3, -0.25) is 0 Å². The van der Waals surface area contributed by atoms with Crippen LogP contribution in [-0.2, 0) is 9.47 Å². The summed E-state index contributed by atoms with van der Waals surface area (Å²) >= 11 is 0. The van der Waals surface area contributed by atoms with E-state index in [2.05, 4.69) is 20.4 Å². The Balaban J connectivity index is 1.92. The van der Waals surface area contributed by atoms with Crippen molar-refractivity contribution >= 4 is 0 Å². The molecule has 0 aliphatic carbocycles. The fourth-order valence-corrected chi connectivity index (χ4v) is 2.96. The highest BCUT2D eigenvalue weighted by atomic mass is 16.5. The highest BCUT2D eigenvalue weighted by Crippen LogP contribution is 2.28. The third-order valence-electron chi connectivity index (χ3n) is 4.06. The Morgan fingerprint density at radius 3 is 2.65 bits per heavy atom. The van der Waals surface area contributed by atoms with Gasteiger partial charge in [0.2, 0.25) is 0 Å². The molecule has 0 spiro atoms. The van der Waals surface area contributed by atoms with Gasteiger partial charge in [-0.05, 0) is 26.7 Å². The van der Waals surface area contributed by atoms with Crippen LogP contribution in [0.2, 0.25) is 0 Å². The molecule has 2 rings (SSSR count). The molecule has 3 heteroatoms. The van der Waals surface area contributed by atoms with Crippen molar-refractivity contribution in [1.82, 2.24) is 0 Å². The van der Waals surface area contributed by atoms with Crippen LogP contribution in [0.15, 0.2) is 12.2 Å². The Morgan fingerprint density at radius 2 is 2.00 bits per heavy atom. The summed E-state index contributed by atoms with van der Waals surface area (Å²) in [6.07, 6.45) is 3.19. The molecule has 0 aromatic heterocycles. The molecule has 17 heavy (non-hydrogen) atoms. The Kier molecular flexibility index (Phi) is 4.60. The number of rotatable bonds is 3. The Bertz CT molecular complexity index is 261. The van der Waals surface area contributed by atoms with Crippen molar-refractivity contribution in [1.29, 1.82) is 0 Å². The number of hydrogen-bond donors (Lipinski definition) is 1. The van der Waals surface area contributed by atoms with E-state index in [0.29, 0.717) is 18.1 Å². The molecule has 0 unspecified atom stereocenters. The average molecular weight is 240 g/mol. The third-order valence-corrected chi connectivity index (χ3v) is 4.06. The maximum atomic E-state index is 6.14. The zero-order valence-electron chi connectivity index (χ0n) is 11.2. The molecule has 2 aliphatic heterocycles. The lowest BCUT2D eigenvalue weighted by Gasteiger charge is -2.37. The van der Waals surface area contributed by atoms with Gasteiger partial charge in [-0.2, -0.15) is 0 Å². The van der Waals surface area contributed by atoms with Gasteiger partial charge < -0.3 is 14.4 Å². The number of morpholine rings is 1. The molecule has 0 aromatic rings. The van der Waals surface area contributed by atoms with Gasteiger partial charge in [-0.15, -0.1) is 0 Å². The van der Waals surface area contributed by atoms with E-state index < -0.39 is 0 Å². The van der Waals surface area contributed by atoms with Crippen LogP contribution in [0.3, 0.4) is 0 Å². The monoisotopic (exact) mass is 240 g/mol. The van der Waals surface area contributed by atoms with E-state index in [9.17, 15) is 0 Å². The first-order chi connectivity index (χ1) is 8.16. The van der Waals surface area contributed by atoms with Crippen molar-refractivity contribution in [3.05, 3.63) is 12.2 Å². The van der Waals surface area contributed by atoms with Crippen LogP contribution >= 0.6 is 0 Å². The maximum Gasteiger partial charge on any atom is 0.113 e. The minimum atomic E-state index is 0.365.